The van der Waals surface area contributed by atoms with Crippen molar-refractivity contribution < 1.29 is 24.2 Å². The lowest BCUT2D eigenvalue weighted by Crippen LogP contribution is -2.56. The summed E-state index contributed by atoms with van der Waals surface area (Å²) in [6.07, 6.45) is 1.17. The smallest absolute Gasteiger partial charge is 0.311 e. The normalized spacial score (nSPS) is 20.5. The Morgan fingerprint density at radius 1 is 1.25 bits per heavy atom. The Bertz CT molecular complexity index is 716. The first kappa shape index (κ1) is 21.7. The summed E-state index contributed by atoms with van der Waals surface area (Å²) < 4.78 is 5.38. The van der Waals surface area contributed by atoms with Gasteiger partial charge in [0.25, 0.3) is 5.91 Å². The first-order chi connectivity index (χ1) is 13.2. The third kappa shape index (κ3) is 5.03. The second-order valence-electron chi connectivity index (χ2n) is 7.88. The molecule has 2 rings (SSSR count). The lowest BCUT2D eigenvalue weighted by molar-refractivity contribution is -0.154. The van der Waals surface area contributed by atoms with Crippen LogP contribution in [0.2, 0.25) is 0 Å². The van der Waals surface area contributed by atoms with E-state index in [1.807, 2.05) is 20.8 Å². The molecular weight excluding hydrogens is 360 g/mol. The molecule has 2 amide bonds. The van der Waals surface area contributed by atoms with Gasteiger partial charge in [0.1, 0.15) is 11.8 Å². The Balaban J connectivity index is 2.10. The summed E-state index contributed by atoms with van der Waals surface area (Å²) in [4.78, 5) is 38.8. The number of nitrogens with zero attached hydrogens (tertiary/aromatic N) is 1. The minimum Gasteiger partial charge on any atom is -0.494 e. The zero-order valence-electron chi connectivity index (χ0n) is 17.0. The van der Waals surface area contributed by atoms with E-state index in [9.17, 15) is 19.5 Å². The number of carbonyl (C=O) groups excluding carboxylic acids is 2. The molecule has 0 radical (unpaired) electrons. The summed E-state index contributed by atoms with van der Waals surface area (Å²) in [5, 5.41) is 12.3. The molecule has 0 aliphatic carbocycles. The first-order valence-electron chi connectivity index (χ1n) is 9.74. The predicted octanol–water partition coefficient (Wildman–Crippen LogP) is 2.55. The van der Waals surface area contributed by atoms with E-state index in [0.717, 1.165) is 0 Å². The molecular formula is C21H30N2O5. The zero-order chi connectivity index (χ0) is 20.9. The molecule has 28 heavy (non-hydrogen) atoms. The second-order valence-corrected chi connectivity index (χ2v) is 7.88. The Hall–Kier alpha value is -2.57. The van der Waals surface area contributed by atoms with Crippen molar-refractivity contribution in [3.8, 4) is 5.75 Å². The summed E-state index contributed by atoms with van der Waals surface area (Å²) in [5.74, 6) is -0.923. The van der Waals surface area contributed by atoms with Crippen molar-refractivity contribution in [2.24, 2.45) is 11.3 Å². The van der Waals surface area contributed by atoms with Crippen LogP contribution in [-0.2, 0) is 9.59 Å². The van der Waals surface area contributed by atoms with Crippen LogP contribution in [0.25, 0.3) is 0 Å². The van der Waals surface area contributed by atoms with Gasteiger partial charge in [-0.05, 0) is 56.9 Å². The summed E-state index contributed by atoms with van der Waals surface area (Å²) >= 11 is 0. The third-order valence-corrected chi connectivity index (χ3v) is 5.17. The summed E-state index contributed by atoms with van der Waals surface area (Å²) in [7, 11) is 0. The molecule has 0 bridgehead atoms. The predicted molar refractivity (Wildman–Crippen MR) is 105 cm³/mol. The molecule has 1 aromatic carbocycles. The second kappa shape index (κ2) is 9.08. The molecule has 154 valence electrons. The van der Waals surface area contributed by atoms with Gasteiger partial charge in [-0.15, -0.1) is 0 Å². The molecule has 1 heterocycles. The standard InChI is InChI=1S/C21H30N2O5/c1-5-28-16-9-7-15(8-10-16)18(24)22-17(14(2)3)19(25)23-12-6-11-21(4,13-23)20(26)27/h7-10,14,17H,5-6,11-13H2,1-4H3,(H,22,24)(H,26,27). The van der Waals surface area contributed by atoms with Crippen molar-refractivity contribution in [1.82, 2.24) is 10.2 Å². The van der Waals surface area contributed by atoms with Gasteiger partial charge < -0.3 is 20.1 Å². The fourth-order valence-electron chi connectivity index (χ4n) is 3.41. The summed E-state index contributed by atoms with van der Waals surface area (Å²) in [6, 6.07) is 6.03. The van der Waals surface area contributed by atoms with E-state index in [1.54, 1.807) is 36.1 Å². The van der Waals surface area contributed by atoms with Crippen LogP contribution in [0, 0.1) is 11.3 Å². The number of rotatable bonds is 7. The van der Waals surface area contributed by atoms with E-state index in [1.165, 1.54) is 0 Å². The molecule has 0 saturated carbocycles. The van der Waals surface area contributed by atoms with Gasteiger partial charge in [0.05, 0.1) is 12.0 Å². The maximum absolute atomic E-state index is 13.1. The van der Waals surface area contributed by atoms with Gasteiger partial charge >= 0.3 is 5.97 Å². The number of ether oxygens (including phenoxy) is 1. The molecule has 1 aromatic rings. The van der Waals surface area contributed by atoms with Crippen molar-refractivity contribution in [2.75, 3.05) is 19.7 Å². The molecule has 0 spiro atoms. The number of carboxylic acid groups (broad SMARTS) is 1. The molecule has 2 atom stereocenters. The third-order valence-electron chi connectivity index (χ3n) is 5.17. The largest absolute Gasteiger partial charge is 0.494 e. The highest BCUT2D eigenvalue weighted by Gasteiger charge is 2.41. The average molecular weight is 390 g/mol. The zero-order valence-corrected chi connectivity index (χ0v) is 17.0. The van der Waals surface area contributed by atoms with Crippen molar-refractivity contribution >= 4 is 17.8 Å². The average Bonchev–Trinajstić information content (AvgIpc) is 2.66. The van der Waals surface area contributed by atoms with E-state index in [2.05, 4.69) is 5.32 Å². The number of likely N-dealkylation sites (tertiary alicyclic amines) is 1. The highest BCUT2D eigenvalue weighted by Crippen LogP contribution is 2.30. The molecule has 0 aromatic heterocycles. The van der Waals surface area contributed by atoms with Crippen LogP contribution in [0.15, 0.2) is 24.3 Å². The minimum atomic E-state index is -0.950. The SMILES string of the molecule is CCOc1ccc(C(=O)NC(C(=O)N2CCCC(C)(C(=O)O)C2)C(C)C)cc1. The van der Waals surface area contributed by atoms with E-state index in [-0.39, 0.29) is 24.3 Å². The maximum atomic E-state index is 13.1. The van der Waals surface area contributed by atoms with Crippen molar-refractivity contribution in [3.63, 3.8) is 0 Å². The van der Waals surface area contributed by atoms with E-state index < -0.39 is 17.4 Å². The fourth-order valence-corrected chi connectivity index (χ4v) is 3.41. The minimum absolute atomic E-state index is 0.128. The van der Waals surface area contributed by atoms with Crippen LogP contribution in [0.3, 0.4) is 0 Å². The first-order valence-corrected chi connectivity index (χ1v) is 9.74. The van der Waals surface area contributed by atoms with Crippen molar-refractivity contribution in [2.45, 2.75) is 46.6 Å². The van der Waals surface area contributed by atoms with Crippen molar-refractivity contribution in [1.29, 1.82) is 0 Å². The lowest BCUT2D eigenvalue weighted by atomic mass is 9.81. The number of carboxylic acids is 1. The molecule has 2 unspecified atom stereocenters. The number of hydrogen-bond acceptors (Lipinski definition) is 4. The molecule has 1 saturated heterocycles. The van der Waals surface area contributed by atoms with Crippen LogP contribution < -0.4 is 10.1 Å². The quantitative estimate of drug-likeness (QED) is 0.746. The fraction of sp³-hybridized carbons (Fsp3) is 0.571. The number of nitrogens with one attached hydrogen (secondary N) is 1. The van der Waals surface area contributed by atoms with E-state index in [4.69, 9.17) is 4.74 Å². The topological polar surface area (TPSA) is 95.9 Å². The van der Waals surface area contributed by atoms with Gasteiger partial charge in [-0.2, -0.15) is 0 Å². The molecule has 1 aliphatic heterocycles. The van der Waals surface area contributed by atoms with Gasteiger partial charge in [0, 0.05) is 18.7 Å². The number of aliphatic carboxylic acids is 1. The maximum Gasteiger partial charge on any atom is 0.311 e. The number of hydrogen-bond donors (Lipinski definition) is 2. The van der Waals surface area contributed by atoms with Crippen LogP contribution in [0.1, 0.15) is 50.9 Å². The Morgan fingerprint density at radius 2 is 1.89 bits per heavy atom. The number of amides is 2. The summed E-state index contributed by atoms with van der Waals surface area (Å²) in [6.45, 7) is 8.48. The van der Waals surface area contributed by atoms with Crippen LogP contribution >= 0.6 is 0 Å². The summed E-state index contributed by atoms with van der Waals surface area (Å²) in [5.41, 5.74) is -0.509. The van der Waals surface area contributed by atoms with Gasteiger partial charge in [0.2, 0.25) is 5.91 Å². The van der Waals surface area contributed by atoms with Crippen LogP contribution in [0.5, 0.6) is 5.75 Å². The molecule has 7 heteroatoms. The number of carbonyl (C=O) groups is 3. The number of piperidine rings is 1. The highest BCUT2D eigenvalue weighted by molar-refractivity contribution is 5.97. The van der Waals surface area contributed by atoms with Crippen molar-refractivity contribution in [3.05, 3.63) is 29.8 Å². The van der Waals surface area contributed by atoms with E-state index >= 15 is 0 Å². The Morgan fingerprint density at radius 3 is 2.43 bits per heavy atom. The molecule has 7 nitrogen and oxygen atoms in total. The highest BCUT2D eigenvalue weighted by atomic mass is 16.5. The van der Waals surface area contributed by atoms with Gasteiger partial charge in [-0.1, -0.05) is 13.8 Å². The Labute approximate surface area is 166 Å². The number of benzene rings is 1. The van der Waals surface area contributed by atoms with Crippen LogP contribution in [-0.4, -0.2) is 53.5 Å². The van der Waals surface area contributed by atoms with Gasteiger partial charge in [-0.25, -0.2) is 0 Å². The molecule has 2 N–H and O–H groups in total. The lowest BCUT2D eigenvalue weighted by Gasteiger charge is -2.39. The van der Waals surface area contributed by atoms with E-state index in [0.29, 0.717) is 37.3 Å². The monoisotopic (exact) mass is 390 g/mol. The van der Waals surface area contributed by atoms with Gasteiger partial charge in [-0.3, -0.25) is 14.4 Å². The molecule has 1 aliphatic rings. The van der Waals surface area contributed by atoms with Crippen LogP contribution in [0.4, 0.5) is 0 Å². The van der Waals surface area contributed by atoms with Gasteiger partial charge in [0.15, 0.2) is 0 Å². The molecule has 1 fully saturated rings. The Kier molecular flexibility index (Phi) is 7.05.